The van der Waals surface area contributed by atoms with E-state index in [4.69, 9.17) is 39.8 Å². The van der Waals surface area contributed by atoms with Gasteiger partial charge in [-0.15, -0.1) is 0 Å². The maximum atomic E-state index is 12.4. The van der Waals surface area contributed by atoms with E-state index in [2.05, 4.69) is 0 Å². The fourth-order valence-corrected chi connectivity index (χ4v) is 4.41. The number of hydrogen-bond donors (Lipinski definition) is 0. The number of carbonyl (C=O) groups excluding carboxylic acids is 1. The average Bonchev–Trinajstić information content (AvgIpc) is 3.25. The first-order valence-electron chi connectivity index (χ1n) is 8.36. The summed E-state index contributed by atoms with van der Waals surface area (Å²) in [6.45, 7) is 0.449. The molecule has 1 saturated heterocycles. The fourth-order valence-electron chi connectivity index (χ4n) is 2.80. The standard InChI is InChI=1S/C21H13Cl2NO2S2/c22-16-8-4-7-15(19(16)23)17-10-9-14(26-17)11-18-20(27)24(21(25)28-18)12-13-5-2-1-3-6-13/h1-11H,12H2/b18-11-. The van der Waals surface area contributed by atoms with Crippen LogP contribution in [-0.2, 0) is 6.54 Å². The molecule has 1 amide bonds. The van der Waals surface area contributed by atoms with Crippen molar-refractivity contribution in [3.05, 3.63) is 86.9 Å². The molecular weight excluding hydrogens is 433 g/mol. The lowest BCUT2D eigenvalue weighted by atomic mass is 10.2. The number of thiocarbonyl (C=S) groups is 1. The molecule has 28 heavy (non-hydrogen) atoms. The van der Waals surface area contributed by atoms with Gasteiger partial charge in [0.15, 0.2) is 0 Å². The number of halogens is 2. The first kappa shape index (κ1) is 19.3. The molecule has 0 N–H and O–H groups in total. The van der Waals surface area contributed by atoms with Crippen molar-refractivity contribution in [3.63, 3.8) is 0 Å². The Labute approximate surface area is 181 Å². The van der Waals surface area contributed by atoms with Gasteiger partial charge in [-0.2, -0.15) is 0 Å². The van der Waals surface area contributed by atoms with Crippen molar-refractivity contribution in [2.24, 2.45) is 0 Å². The van der Waals surface area contributed by atoms with Crippen molar-refractivity contribution < 1.29 is 9.21 Å². The third kappa shape index (κ3) is 3.89. The molecule has 1 aliphatic rings. The SMILES string of the molecule is O=C1S/C(=C\c2ccc(-c3cccc(Cl)c3Cl)o2)C(=S)N1Cc1ccccc1. The number of benzene rings is 2. The van der Waals surface area contributed by atoms with E-state index in [1.807, 2.05) is 54.6 Å². The van der Waals surface area contributed by atoms with Crippen LogP contribution in [0.2, 0.25) is 10.0 Å². The van der Waals surface area contributed by atoms with Crippen LogP contribution in [0.15, 0.2) is 70.0 Å². The summed E-state index contributed by atoms with van der Waals surface area (Å²) in [7, 11) is 0. The predicted octanol–water partition coefficient (Wildman–Crippen LogP) is 7.29. The van der Waals surface area contributed by atoms with Gasteiger partial charge in [0.2, 0.25) is 0 Å². The van der Waals surface area contributed by atoms with E-state index < -0.39 is 0 Å². The summed E-state index contributed by atoms with van der Waals surface area (Å²) in [4.78, 5) is 15.2. The van der Waals surface area contributed by atoms with Gasteiger partial charge in [-0.05, 0) is 47.7 Å². The molecule has 3 nitrogen and oxygen atoms in total. The van der Waals surface area contributed by atoms with Gasteiger partial charge in [0, 0.05) is 5.56 Å². The monoisotopic (exact) mass is 445 g/mol. The number of rotatable bonds is 4. The summed E-state index contributed by atoms with van der Waals surface area (Å²) < 4.78 is 5.88. The number of furan rings is 1. The molecule has 1 aliphatic heterocycles. The molecule has 140 valence electrons. The molecule has 4 rings (SSSR count). The summed E-state index contributed by atoms with van der Waals surface area (Å²) >= 11 is 19.0. The molecule has 2 aromatic carbocycles. The van der Waals surface area contributed by atoms with Crippen LogP contribution in [0.5, 0.6) is 0 Å². The predicted molar refractivity (Wildman–Crippen MR) is 120 cm³/mol. The van der Waals surface area contributed by atoms with Gasteiger partial charge in [-0.25, -0.2) is 0 Å². The van der Waals surface area contributed by atoms with E-state index in [9.17, 15) is 4.79 Å². The van der Waals surface area contributed by atoms with Crippen LogP contribution in [0.3, 0.4) is 0 Å². The Balaban J connectivity index is 1.57. The highest BCUT2D eigenvalue weighted by molar-refractivity contribution is 8.19. The smallest absolute Gasteiger partial charge is 0.291 e. The lowest BCUT2D eigenvalue weighted by molar-refractivity contribution is 0.244. The zero-order valence-electron chi connectivity index (χ0n) is 14.4. The summed E-state index contributed by atoms with van der Waals surface area (Å²) in [6, 6.07) is 18.8. The molecule has 0 aliphatic carbocycles. The van der Waals surface area contributed by atoms with Crippen molar-refractivity contribution >= 4 is 63.5 Å². The van der Waals surface area contributed by atoms with Crippen LogP contribution in [0.1, 0.15) is 11.3 Å². The second kappa shape index (κ2) is 8.13. The van der Waals surface area contributed by atoms with Crippen LogP contribution in [0.25, 0.3) is 17.4 Å². The van der Waals surface area contributed by atoms with Gasteiger partial charge in [-0.3, -0.25) is 9.69 Å². The molecule has 7 heteroatoms. The highest BCUT2D eigenvalue weighted by atomic mass is 35.5. The summed E-state index contributed by atoms with van der Waals surface area (Å²) in [5.74, 6) is 1.19. The molecule has 1 fully saturated rings. The Morgan fingerprint density at radius 1 is 1.04 bits per heavy atom. The van der Waals surface area contributed by atoms with Gasteiger partial charge in [0.25, 0.3) is 5.24 Å². The third-order valence-corrected chi connectivity index (χ3v) is 6.49. The molecule has 2 heterocycles. The Morgan fingerprint density at radius 3 is 2.61 bits per heavy atom. The quantitative estimate of drug-likeness (QED) is 0.311. The molecule has 0 unspecified atom stereocenters. The average molecular weight is 446 g/mol. The van der Waals surface area contributed by atoms with Crippen LogP contribution < -0.4 is 0 Å². The fraction of sp³-hybridized carbons (Fsp3) is 0.0476. The molecule has 3 aromatic rings. The molecule has 1 aromatic heterocycles. The van der Waals surface area contributed by atoms with Crippen molar-refractivity contribution in [3.8, 4) is 11.3 Å². The van der Waals surface area contributed by atoms with Crippen LogP contribution in [-0.4, -0.2) is 15.1 Å². The Bertz CT molecular complexity index is 1090. The van der Waals surface area contributed by atoms with Crippen molar-refractivity contribution in [1.29, 1.82) is 0 Å². The summed E-state index contributed by atoms with van der Waals surface area (Å²) in [5, 5.41) is 0.808. The first-order valence-corrected chi connectivity index (χ1v) is 10.3. The van der Waals surface area contributed by atoms with Gasteiger partial charge >= 0.3 is 0 Å². The summed E-state index contributed by atoms with van der Waals surface area (Å²) in [5.41, 5.74) is 1.73. The number of thioether (sulfide) groups is 1. The zero-order valence-corrected chi connectivity index (χ0v) is 17.5. The number of hydrogen-bond acceptors (Lipinski definition) is 4. The van der Waals surface area contributed by atoms with Crippen molar-refractivity contribution in [2.75, 3.05) is 0 Å². The highest BCUT2D eigenvalue weighted by Crippen LogP contribution is 2.37. The second-order valence-corrected chi connectivity index (χ2v) is 8.22. The number of amides is 1. The lowest BCUT2D eigenvalue weighted by Crippen LogP contribution is -2.26. The van der Waals surface area contributed by atoms with Gasteiger partial charge in [-0.1, -0.05) is 71.8 Å². The first-order chi connectivity index (χ1) is 13.5. The van der Waals surface area contributed by atoms with E-state index in [1.165, 1.54) is 0 Å². The number of nitrogens with zero attached hydrogens (tertiary/aromatic N) is 1. The molecule has 0 saturated carbocycles. The maximum absolute atomic E-state index is 12.4. The van der Waals surface area contributed by atoms with Gasteiger partial charge in [0.1, 0.15) is 16.5 Å². The van der Waals surface area contributed by atoms with Crippen LogP contribution >= 0.6 is 47.2 Å². The van der Waals surface area contributed by atoms with Gasteiger partial charge in [0.05, 0.1) is 21.5 Å². The minimum Gasteiger partial charge on any atom is -0.457 e. The normalized spacial score (nSPS) is 15.6. The van der Waals surface area contributed by atoms with E-state index >= 15 is 0 Å². The van der Waals surface area contributed by atoms with Crippen molar-refractivity contribution in [2.45, 2.75) is 6.54 Å². The largest absolute Gasteiger partial charge is 0.457 e. The molecule has 0 radical (unpaired) electrons. The number of carbonyl (C=O) groups is 1. The third-order valence-electron chi connectivity index (χ3n) is 4.17. The second-order valence-electron chi connectivity index (χ2n) is 6.06. The van der Waals surface area contributed by atoms with E-state index in [-0.39, 0.29) is 5.24 Å². The molecule has 0 spiro atoms. The van der Waals surface area contributed by atoms with E-state index in [0.29, 0.717) is 43.6 Å². The molecular formula is C21H13Cl2NO2S2. The Kier molecular flexibility index (Phi) is 5.60. The molecule has 0 atom stereocenters. The Hall–Kier alpha value is -2.05. The van der Waals surface area contributed by atoms with Gasteiger partial charge < -0.3 is 4.42 Å². The maximum Gasteiger partial charge on any atom is 0.291 e. The van der Waals surface area contributed by atoms with Crippen LogP contribution in [0, 0.1) is 0 Å². The minimum absolute atomic E-state index is 0.0928. The van der Waals surface area contributed by atoms with E-state index in [1.54, 1.807) is 17.0 Å². The van der Waals surface area contributed by atoms with E-state index in [0.717, 1.165) is 17.3 Å². The highest BCUT2D eigenvalue weighted by Gasteiger charge is 2.31. The minimum atomic E-state index is -0.0928. The van der Waals surface area contributed by atoms with Crippen molar-refractivity contribution in [1.82, 2.24) is 4.90 Å². The molecule has 0 bridgehead atoms. The summed E-state index contributed by atoms with van der Waals surface area (Å²) in [6.07, 6.45) is 1.78. The van der Waals surface area contributed by atoms with Crippen LogP contribution in [0.4, 0.5) is 4.79 Å². The topological polar surface area (TPSA) is 33.5 Å². The zero-order chi connectivity index (χ0) is 19.7. The Morgan fingerprint density at radius 2 is 1.82 bits per heavy atom. The lowest BCUT2D eigenvalue weighted by Gasteiger charge is -2.14.